The van der Waals surface area contributed by atoms with Gasteiger partial charge in [-0.15, -0.1) is 0 Å². The number of rotatable bonds is 8. The van der Waals surface area contributed by atoms with E-state index in [2.05, 4.69) is 13.8 Å². The highest BCUT2D eigenvalue weighted by atomic mass is 16.4. The summed E-state index contributed by atoms with van der Waals surface area (Å²) in [6, 6.07) is 0. The number of unbranched alkanes of at least 4 members (excludes halogenated alkanes) is 3. The molecule has 0 aliphatic rings. The lowest BCUT2D eigenvalue weighted by molar-refractivity contribution is -0.123. The normalized spacial score (nSPS) is 17.3. The van der Waals surface area contributed by atoms with Crippen molar-refractivity contribution in [3.63, 3.8) is 0 Å². The fraction of sp³-hybridized carbons (Fsp3) is 1.00. The molecule has 6 nitrogen and oxygen atoms in total. The third-order valence-corrected chi connectivity index (χ3v) is 2.47. The van der Waals surface area contributed by atoms with Crippen molar-refractivity contribution < 1.29 is 30.6 Å². The van der Waals surface area contributed by atoms with Crippen molar-refractivity contribution in [3.8, 4) is 0 Å². The van der Waals surface area contributed by atoms with Crippen LogP contribution in [0.5, 0.6) is 0 Å². The molecule has 0 aromatic heterocycles. The van der Waals surface area contributed by atoms with Crippen molar-refractivity contribution in [1.82, 2.24) is 0 Å². The second-order valence-corrected chi connectivity index (χ2v) is 4.19. The summed E-state index contributed by atoms with van der Waals surface area (Å²) in [4.78, 5) is 0. The minimum absolute atomic E-state index is 0.726. The molecule has 0 radical (unpaired) electrons. The minimum Gasteiger partial charge on any atom is -0.394 e. The van der Waals surface area contributed by atoms with Gasteiger partial charge in [0.15, 0.2) is 0 Å². The number of aliphatic hydroxyl groups is 6. The van der Waals surface area contributed by atoms with Crippen molar-refractivity contribution in [1.29, 1.82) is 0 Å². The first-order valence-electron chi connectivity index (χ1n) is 6.40. The molecule has 0 unspecified atom stereocenters. The Morgan fingerprint density at radius 3 is 1.11 bits per heavy atom. The molecule has 0 saturated carbocycles. The molecule has 0 bridgehead atoms. The van der Waals surface area contributed by atoms with Gasteiger partial charge in [-0.3, -0.25) is 0 Å². The van der Waals surface area contributed by atoms with Gasteiger partial charge < -0.3 is 30.6 Å². The molecule has 0 aromatic carbocycles. The maximum Gasteiger partial charge on any atom is 0.111 e. The smallest absolute Gasteiger partial charge is 0.111 e. The molecule has 6 N–H and O–H groups in total. The van der Waals surface area contributed by atoms with Crippen molar-refractivity contribution in [3.05, 3.63) is 0 Å². The summed E-state index contributed by atoms with van der Waals surface area (Å²) in [6.45, 7) is 3.01. The summed E-state index contributed by atoms with van der Waals surface area (Å²) in [5.41, 5.74) is 0. The van der Waals surface area contributed by atoms with Crippen molar-refractivity contribution in [2.24, 2.45) is 0 Å². The van der Waals surface area contributed by atoms with Gasteiger partial charge in [-0.25, -0.2) is 0 Å². The van der Waals surface area contributed by atoms with Crippen molar-refractivity contribution in [2.75, 3.05) is 13.2 Å². The van der Waals surface area contributed by atoms with Crippen LogP contribution in [-0.2, 0) is 0 Å². The fourth-order valence-electron chi connectivity index (χ4n) is 1.17. The van der Waals surface area contributed by atoms with Gasteiger partial charge in [-0.1, -0.05) is 39.5 Å². The molecule has 0 heterocycles. The zero-order valence-electron chi connectivity index (χ0n) is 11.2. The summed E-state index contributed by atoms with van der Waals surface area (Å²) in [6.07, 6.45) is -0.856. The van der Waals surface area contributed by atoms with Crippen LogP contribution >= 0.6 is 0 Å². The monoisotopic (exact) mass is 268 g/mol. The van der Waals surface area contributed by atoms with Gasteiger partial charge in [0.25, 0.3) is 0 Å². The van der Waals surface area contributed by atoms with E-state index in [1.165, 1.54) is 25.7 Å². The van der Waals surface area contributed by atoms with Crippen LogP contribution in [-0.4, -0.2) is 68.3 Å². The number of hydrogen-bond acceptors (Lipinski definition) is 6. The molecule has 0 fully saturated rings. The Kier molecular flexibility index (Phi) is 14.7. The predicted molar refractivity (Wildman–Crippen MR) is 68.0 cm³/mol. The van der Waals surface area contributed by atoms with Gasteiger partial charge in [0.05, 0.1) is 13.2 Å². The molecular weight excluding hydrogens is 240 g/mol. The lowest BCUT2D eigenvalue weighted by Gasteiger charge is -2.24. The molecule has 6 heteroatoms. The molecule has 4 atom stereocenters. The average Bonchev–Trinajstić information content (AvgIpc) is 2.42. The summed E-state index contributed by atoms with van der Waals surface area (Å²) in [7, 11) is 0. The van der Waals surface area contributed by atoms with Gasteiger partial charge in [0.2, 0.25) is 0 Å². The second-order valence-electron chi connectivity index (χ2n) is 4.19. The van der Waals surface area contributed by atoms with Crippen LogP contribution in [0, 0.1) is 0 Å². The molecule has 0 spiro atoms. The molecule has 0 saturated heterocycles. The van der Waals surface area contributed by atoms with E-state index in [4.69, 9.17) is 30.6 Å². The third-order valence-electron chi connectivity index (χ3n) is 2.47. The van der Waals surface area contributed by atoms with E-state index in [1.807, 2.05) is 0 Å². The highest BCUT2D eigenvalue weighted by Gasteiger charge is 2.29. The number of aliphatic hydroxyl groups excluding tert-OH is 6. The standard InChI is InChI=1S/C6H14O6.C6H14/c7-1-3(9)5(11)6(12)4(10)2-8;1-3-5-6-4-2/h3-12H,1-2H2;3-6H2,1-2H3/t3-,4-,5-,6-;/m0./s1. The van der Waals surface area contributed by atoms with Crippen molar-refractivity contribution >= 4 is 0 Å². The van der Waals surface area contributed by atoms with Gasteiger partial charge in [-0.2, -0.15) is 0 Å². The molecular formula is C12H28O6. The molecule has 0 aliphatic heterocycles. The lowest BCUT2D eigenvalue weighted by Crippen LogP contribution is -2.46. The Balaban J connectivity index is 0. The Morgan fingerprint density at radius 2 is 0.944 bits per heavy atom. The fourth-order valence-corrected chi connectivity index (χ4v) is 1.17. The van der Waals surface area contributed by atoms with Gasteiger partial charge >= 0.3 is 0 Å². The van der Waals surface area contributed by atoms with Crippen LogP contribution in [0.2, 0.25) is 0 Å². The summed E-state index contributed by atoms with van der Waals surface area (Å²) >= 11 is 0. The molecule has 0 rings (SSSR count). The van der Waals surface area contributed by atoms with Crippen LogP contribution in [0.3, 0.4) is 0 Å². The Bertz CT molecular complexity index is 149. The van der Waals surface area contributed by atoms with Gasteiger partial charge in [0, 0.05) is 0 Å². The largest absolute Gasteiger partial charge is 0.394 e. The zero-order chi connectivity index (χ0) is 14.6. The summed E-state index contributed by atoms with van der Waals surface area (Å²) in [5.74, 6) is 0. The third kappa shape index (κ3) is 9.76. The van der Waals surface area contributed by atoms with E-state index in [9.17, 15) is 0 Å². The van der Waals surface area contributed by atoms with E-state index in [0.717, 1.165) is 0 Å². The molecule has 0 aromatic rings. The predicted octanol–water partition coefficient (Wildman–Crippen LogP) is -0.999. The Hall–Kier alpha value is -0.240. The van der Waals surface area contributed by atoms with E-state index < -0.39 is 37.6 Å². The summed E-state index contributed by atoms with van der Waals surface area (Å²) in [5, 5.41) is 52.2. The van der Waals surface area contributed by atoms with Crippen LogP contribution in [0.4, 0.5) is 0 Å². The van der Waals surface area contributed by atoms with Crippen LogP contribution in [0.15, 0.2) is 0 Å². The van der Waals surface area contributed by atoms with Crippen LogP contribution in [0.1, 0.15) is 39.5 Å². The molecule has 112 valence electrons. The quantitative estimate of drug-likeness (QED) is 0.314. The Morgan fingerprint density at radius 1 is 0.667 bits per heavy atom. The average molecular weight is 268 g/mol. The molecule has 0 aliphatic carbocycles. The summed E-state index contributed by atoms with van der Waals surface area (Å²) < 4.78 is 0. The molecule has 0 amide bonds. The van der Waals surface area contributed by atoms with Gasteiger partial charge in [0.1, 0.15) is 24.4 Å². The van der Waals surface area contributed by atoms with E-state index in [0.29, 0.717) is 0 Å². The van der Waals surface area contributed by atoms with Crippen molar-refractivity contribution in [2.45, 2.75) is 63.9 Å². The highest BCUT2D eigenvalue weighted by Crippen LogP contribution is 2.04. The Labute approximate surface area is 109 Å². The van der Waals surface area contributed by atoms with E-state index in [-0.39, 0.29) is 0 Å². The number of hydrogen-bond donors (Lipinski definition) is 6. The first-order valence-corrected chi connectivity index (χ1v) is 6.40. The minimum atomic E-state index is -1.67. The molecule has 18 heavy (non-hydrogen) atoms. The van der Waals surface area contributed by atoms with Crippen LogP contribution < -0.4 is 0 Å². The van der Waals surface area contributed by atoms with Gasteiger partial charge in [-0.05, 0) is 0 Å². The second kappa shape index (κ2) is 13.2. The topological polar surface area (TPSA) is 121 Å². The first kappa shape index (κ1) is 20.1. The maximum absolute atomic E-state index is 8.96. The lowest BCUT2D eigenvalue weighted by atomic mass is 10.0. The first-order chi connectivity index (χ1) is 8.45. The van der Waals surface area contributed by atoms with E-state index >= 15 is 0 Å². The maximum atomic E-state index is 8.96. The zero-order valence-corrected chi connectivity index (χ0v) is 11.2. The van der Waals surface area contributed by atoms with Crippen LogP contribution in [0.25, 0.3) is 0 Å². The van der Waals surface area contributed by atoms with E-state index in [1.54, 1.807) is 0 Å². The SMILES string of the molecule is CCCCCC.OC[C@H](O)[C@H](O)[C@@H](O)[C@@H](O)CO. The highest BCUT2D eigenvalue weighted by molar-refractivity contribution is 4.79.